The van der Waals surface area contributed by atoms with E-state index in [1.165, 1.54) is 4.57 Å². The molecule has 1 heterocycles. The number of hydrogen-bond acceptors (Lipinski definition) is 2. The van der Waals surface area contributed by atoms with E-state index in [0.29, 0.717) is 5.02 Å². The summed E-state index contributed by atoms with van der Waals surface area (Å²) in [7, 11) is 0. The van der Waals surface area contributed by atoms with E-state index >= 15 is 0 Å². The molecule has 0 bridgehead atoms. The van der Waals surface area contributed by atoms with Gasteiger partial charge >= 0.3 is 6.09 Å². The fourth-order valence-corrected chi connectivity index (χ4v) is 2.44. The molecule has 0 aliphatic heterocycles. The Morgan fingerprint density at radius 2 is 1.85 bits per heavy atom. The van der Waals surface area contributed by atoms with E-state index in [0.717, 1.165) is 14.8 Å². The third kappa shape index (κ3) is 3.76. The molecule has 0 aliphatic rings. The molecule has 0 saturated carbocycles. The van der Waals surface area contributed by atoms with Crippen molar-refractivity contribution in [3.63, 3.8) is 0 Å². The number of carbonyl (C=O) groups is 1. The average molecular weight is 404 g/mol. The van der Waals surface area contributed by atoms with E-state index in [-0.39, 0.29) is 6.09 Å². The Bertz CT molecular complexity index is 626. The summed E-state index contributed by atoms with van der Waals surface area (Å²) in [6.07, 6.45) is 1.38. The fraction of sp³-hybridized carbons (Fsp3) is 0.267. The smallest absolute Gasteiger partial charge is 0.419 e. The third-order valence-corrected chi connectivity index (χ3v) is 3.36. The van der Waals surface area contributed by atoms with E-state index in [1.807, 2.05) is 39.0 Å². The standard InChI is InChI=1S/C15H15ClINO2/c1-15(2,3)20-14(19)18-9-12(17)8-13(18)10-4-6-11(16)7-5-10/h4-9H,1-3H3. The highest BCUT2D eigenvalue weighted by atomic mass is 127. The van der Waals surface area contributed by atoms with Crippen molar-refractivity contribution in [1.82, 2.24) is 4.57 Å². The SMILES string of the molecule is CC(C)(C)OC(=O)n1cc(I)cc1-c1ccc(Cl)cc1. The number of rotatable bonds is 1. The second-order valence-corrected chi connectivity index (χ2v) is 7.08. The predicted molar refractivity (Wildman–Crippen MR) is 89.2 cm³/mol. The van der Waals surface area contributed by atoms with Crippen molar-refractivity contribution in [2.75, 3.05) is 0 Å². The maximum atomic E-state index is 12.2. The lowest BCUT2D eigenvalue weighted by Gasteiger charge is -2.20. The van der Waals surface area contributed by atoms with Gasteiger partial charge in [-0.3, -0.25) is 4.57 Å². The predicted octanol–water partition coefficient (Wildman–Crippen LogP) is 5.20. The molecule has 106 valence electrons. The zero-order valence-electron chi connectivity index (χ0n) is 11.5. The van der Waals surface area contributed by atoms with Crippen molar-refractivity contribution < 1.29 is 9.53 Å². The number of carbonyl (C=O) groups excluding carboxylic acids is 1. The lowest BCUT2D eigenvalue weighted by atomic mass is 10.1. The summed E-state index contributed by atoms with van der Waals surface area (Å²) in [4.78, 5) is 12.2. The first-order chi connectivity index (χ1) is 9.26. The Hall–Kier alpha value is -1.01. The summed E-state index contributed by atoms with van der Waals surface area (Å²) in [6, 6.07) is 9.31. The third-order valence-electron chi connectivity index (χ3n) is 2.52. The number of halogens is 2. The Morgan fingerprint density at radius 3 is 2.40 bits per heavy atom. The first-order valence-electron chi connectivity index (χ1n) is 6.13. The average Bonchev–Trinajstić information content (AvgIpc) is 2.70. The van der Waals surface area contributed by atoms with Gasteiger partial charge in [0.05, 0.1) is 5.69 Å². The first kappa shape index (κ1) is 15.4. The Labute approximate surface area is 137 Å². The van der Waals surface area contributed by atoms with Gasteiger partial charge < -0.3 is 4.74 Å². The molecule has 0 unspecified atom stereocenters. The van der Waals surface area contributed by atoms with E-state index in [9.17, 15) is 4.79 Å². The van der Waals surface area contributed by atoms with Gasteiger partial charge in [-0.1, -0.05) is 23.7 Å². The summed E-state index contributed by atoms with van der Waals surface area (Å²) in [5.41, 5.74) is 1.19. The van der Waals surface area contributed by atoms with Gasteiger partial charge in [-0.2, -0.15) is 0 Å². The van der Waals surface area contributed by atoms with Crippen LogP contribution in [0.1, 0.15) is 20.8 Å². The van der Waals surface area contributed by atoms with Gasteiger partial charge in [0.15, 0.2) is 0 Å². The van der Waals surface area contributed by atoms with Crippen LogP contribution in [0.4, 0.5) is 4.79 Å². The second kappa shape index (κ2) is 5.77. The number of aromatic nitrogens is 1. The monoisotopic (exact) mass is 403 g/mol. The van der Waals surface area contributed by atoms with Crippen molar-refractivity contribution >= 4 is 40.3 Å². The summed E-state index contributed by atoms with van der Waals surface area (Å²) in [5.74, 6) is 0. The molecule has 0 spiro atoms. The van der Waals surface area contributed by atoms with Crippen molar-refractivity contribution in [3.8, 4) is 11.3 Å². The number of benzene rings is 1. The summed E-state index contributed by atoms with van der Waals surface area (Å²) in [6.45, 7) is 5.55. The Morgan fingerprint density at radius 1 is 1.25 bits per heavy atom. The van der Waals surface area contributed by atoms with Crippen LogP contribution in [0.2, 0.25) is 5.02 Å². The zero-order valence-corrected chi connectivity index (χ0v) is 14.4. The molecular formula is C15H15ClINO2. The molecule has 2 rings (SSSR count). The van der Waals surface area contributed by atoms with Crippen LogP contribution >= 0.6 is 34.2 Å². The minimum absolute atomic E-state index is 0.384. The van der Waals surface area contributed by atoms with Gasteiger partial charge in [0.25, 0.3) is 0 Å². The Balaban J connectivity index is 2.40. The molecule has 0 aliphatic carbocycles. The van der Waals surface area contributed by atoms with Crippen LogP contribution < -0.4 is 0 Å². The zero-order chi connectivity index (χ0) is 14.9. The fourth-order valence-electron chi connectivity index (χ4n) is 1.74. The summed E-state index contributed by atoms with van der Waals surface area (Å²) in [5, 5.41) is 0.666. The van der Waals surface area contributed by atoms with Gasteiger partial charge in [-0.05, 0) is 67.1 Å². The maximum Gasteiger partial charge on any atom is 0.419 e. The number of nitrogens with zero attached hydrogens (tertiary/aromatic N) is 1. The van der Waals surface area contributed by atoms with Crippen molar-refractivity contribution in [2.45, 2.75) is 26.4 Å². The van der Waals surface area contributed by atoms with Crippen LogP contribution in [-0.4, -0.2) is 16.3 Å². The summed E-state index contributed by atoms with van der Waals surface area (Å²) >= 11 is 8.07. The molecule has 3 nitrogen and oxygen atoms in total. The Kier molecular flexibility index (Phi) is 4.44. The molecule has 20 heavy (non-hydrogen) atoms. The van der Waals surface area contributed by atoms with Gasteiger partial charge in [-0.25, -0.2) is 4.79 Å². The van der Waals surface area contributed by atoms with Crippen LogP contribution in [0, 0.1) is 3.57 Å². The molecule has 0 fully saturated rings. The van der Waals surface area contributed by atoms with Crippen LogP contribution in [0.3, 0.4) is 0 Å². The molecule has 0 radical (unpaired) electrons. The highest BCUT2D eigenvalue weighted by Gasteiger charge is 2.20. The van der Waals surface area contributed by atoms with Gasteiger partial charge in [0.1, 0.15) is 5.60 Å². The topological polar surface area (TPSA) is 31.2 Å². The molecule has 2 aromatic rings. The van der Waals surface area contributed by atoms with Crippen LogP contribution in [0.25, 0.3) is 11.3 Å². The van der Waals surface area contributed by atoms with Gasteiger partial charge in [-0.15, -0.1) is 0 Å². The van der Waals surface area contributed by atoms with E-state index in [1.54, 1.807) is 18.3 Å². The number of hydrogen-bond donors (Lipinski definition) is 0. The van der Waals surface area contributed by atoms with Crippen LogP contribution in [0.5, 0.6) is 0 Å². The van der Waals surface area contributed by atoms with Crippen molar-refractivity contribution in [1.29, 1.82) is 0 Å². The molecular weight excluding hydrogens is 389 g/mol. The van der Waals surface area contributed by atoms with Gasteiger partial charge in [0, 0.05) is 14.8 Å². The van der Waals surface area contributed by atoms with E-state index < -0.39 is 5.60 Å². The molecule has 1 aromatic heterocycles. The lowest BCUT2D eigenvalue weighted by Crippen LogP contribution is -2.27. The first-order valence-corrected chi connectivity index (χ1v) is 7.59. The van der Waals surface area contributed by atoms with E-state index in [4.69, 9.17) is 16.3 Å². The van der Waals surface area contributed by atoms with Crippen LogP contribution in [0.15, 0.2) is 36.5 Å². The van der Waals surface area contributed by atoms with Crippen molar-refractivity contribution in [3.05, 3.63) is 45.1 Å². The van der Waals surface area contributed by atoms with Crippen molar-refractivity contribution in [2.24, 2.45) is 0 Å². The molecule has 0 atom stereocenters. The highest BCUT2D eigenvalue weighted by Crippen LogP contribution is 2.26. The largest absolute Gasteiger partial charge is 0.443 e. The quantitative estimate of drug-likeness (QED) is 0.613. The molecule has 0 amide bonds. The summed E-state index contributed by atoms with van der Waals surface area (Å²) < 4.78 is 7.91. The van der Waals surface area contributed by atoms with Crippen LogP contribution in [-0.2, 0) is 4.74 Å². The molecule has 0 N–H and O–H groups in total. The molecule has 0 saturated heterocycles. The van der Waals surface area contributed by atoms with Gasteiger partial charge in [0.2, 0.25) is 0 Å². The second-order valence-electron chi connectivity index (χ2n) is 5.40. The van der Waals surface area contributed by atoms with E-state index in [2.05, 4.69) is 22.6 Å². The highest BCUT2D eigenvalue weighted by molar-refractivity contribution is 14.1. The minimum atomic E-state index is -0.524. The number of ether oxygens (including phenoxy) is 1. The minimum Gasteiger partial charge on any atom is -0.443 e. The maximum absolute atomic E-state index is 12.2. The lowest BCUT2D eigenvalue weighted by molar-refractivity contribution is 0.0540. The molecule has 1 aromatic carbocycles. The normalized spacial score (nSPS) is 11.4. The molecule has 5 heteroatoms.